The molecule has 0 atom stereocenters. The Labute approximate surface area is 121 Å². The van der Waals surface area contributed by atoms with Crippen LogP contribution in [0.2, 0.25) is 0 Å². The van der Waals surface area contributed by atoms with Gasteiger partial charge in [-0.05, 0) is 55.3 Å². The van der Waals surface area contributed by atoms with E-state index in [9.17, 15) is 13.2 Å². The molecule has 2 nitrogen and oxygen atoms in total. The van der Waals surface area contributed by atoms with E-state index < -0.39 is 11.7 Å². The minimum absolute atomic E-state index is 0.0238. The maximum absolute atomic E-state index is 12.7. The molecule has 21 heavy (non-hydrogen) atoms. The van der Waals surface area contributed by atoms with Crippen molar-refractivity contribution in [1.29, 1.82) is 0 Å². The third-order valence-corrected chi connectivity index (χ3v) is 3.03. The van der Waals surface area contributed by atoms with E-state index in [1.54, 1.807) is 0 Å². The summed E-state index contributed by atoms with van der Waals surface area (Å²) in [5.41, 5.74) is 7.17. The molecule has 2 rings (SSSR count). The number of aryl methyl sites for hydroxylation is 2. The predicted octanol–water partition coefficient (Wildman–Crippen LogP) is 4.57. The molecule has 2 aromatic rings. The Bertz CT molecular complexity index is 630. The maximum atomic E-state index is 12.7. The highest BCUT2D eigenvalue weighted by molar-refractivity contribution is 5.43. The molecule has 0 aliphatic carbocycles. The van der Waals surface area contributed by atoms with Gasteiger partial charge >= 0.3 is 6.18 Å². The first-order chi connectivity index (χ1) is 9.79. The summed E-state index contributed by atoms with van der Waals surface area (Å²) >= 11 is 0. The summed E-state index contributed by atoms with van der Waals surface area (Å²) in [6.45, 7) is 3.83. The summed E-state index contributed by atoms with van der Waals surface area (Å²) < 4.78 is 43.7. The predicted molar refractivity (Wildman–Crippen MR) is 75.3 cm³/mol. The van der Waals surface area contributed by atoms with Crippen LogP contribution >= 0.6 is 0 Å². The van der Waals surface area contributed by atoms with Gasteiger partial charge in [-0.15, -0.1) is 0 Å². The highest BCUT2D eigenvalue weighted by Gasteiger charge is 2.31. The summed E-state index contributed by atoms with van der Waals surface area (Å²) in [6, 6.07) is 8.97. The number of rotatable bonds is 3. The molecule has 0 saturated carbocycles. The van der Waals surface area contributed by atoms with Crippen LogP contribution < -0.4 is 10.5 Å². The number of hydrogen-bond acceptors (Lipinski definition) is 2. The summed E-state index contributed by atoms with van der Waals surface area (Å²) in [7, 11) is 0. The van der Waals surface area contributed by atoms with Crippen molar-refractivity contribution in [3.05, 3.63) is 58.7 Å². The molecule has 0 heterocycles. The molecular formula is C16H16F3NO. The van der Waals surface area contributed by atoms with E-state index in [1.807, 2.05) is 32.0 Å². The van der Waals surface area contributed by atoms with Crippen molar-refractivity contribution < 1.29 is 17.9 Å². The lowest BCUT2D eigenvalue weighted by molar-refractivity contribution is -0.137. The van der Waals surface area contributed by atoms with Gasteiger partial charge in [-0.1, -0.05) is 6.07 Å². The number of ether oxygens (including phenoxy) is 1. The van der Waals surface area contributed by atoms with Gasteiger partial charge in [0.05, 0.1) is 5.56 Å². The van der Waals surface area contributed by atoms with Crippen molar-refractivity contribution in [2.24, 2.45) is 5.73 Å². The highest BCUT2D eigenvalue weighted by Crippen LogP contribution is 2.34. The van der Waals surface area contributed by atoms with Crippen LogP contribution in [0.15, 0.2) is 36.4 Å². The van der Waals surface area contributed by atoms with Crippen LogP contribution in [0.25, 0.3) is 0 Å². The average molecular weight is 295 g/mol. The normalized spacial score (nSPS) is 11.5. The fourth-order valence-electron chi connectivity index (χ4n) is 2.13. The molecule has 0 saturated heterocycles. The molecule has 2 aromatic carbocycles. The summed E-state index contributed by atoms with van der Waals surface area (Å²) in [5.74, 6) is 0.928. The van der Waals surface area contributed by atoms with E-state index in [-0.39, 0.29) is 6.54 Å². The van der Waals surface area contributed by atoms with Crippen molar-refractivity contribution in [1.82, 2.24) is 0 Å². The van der Waals surface area contributed by atoms with E-state index in [1.165, 1.54) is 6.07 Å². The molecule has 112 valence electrons. The van der Waals surface area contributed by atoms with E-state index in [0.717, 1.165) is 23.3 Å². The third-order valence-electron chi connectivity index (χ3n) is 3.03. The van der Waals surface area contributed by atoms with Crippen LogP contribution in [0.4, 0.5) is 13.2 Å². The number of alkyl halides is 3. The molecule has 0 bridgehead atoms. The Morgan fingerprint density at radius 1 is 1.00 bits per heavy atom. The van der Waals surface area contributed by atoms with Crippen LogP contribution in [0.3, 0.4) is 0 Å². The Balaban J connectivity index is 2.36. The van der Waals surface area contributed by atoms with Gasteiger partial charge in [-0.2, -0.15) is 13.2 Å². The van der Waals surface area contributed by atoms with Gasteiger partial charge < -0.3 is 10.5 Å². The van der Waals surface area contributed by atoms with Crippen molar-refractivity contribution in [3.63, 3.8) is 0 Å². The third kappa shape index (κ3) is 3.76. The highest BCUT2D eigenvalue weighted by atomic mass is 19.4. The lowest BCUT2D eigenvalue weighted by Gasteiger charge is -2.14. The van der Waals surface area contributed by atoms with Gasteiger partial charge in [0.1, 0.15) is 11.5 Å². The van der Waals surface area contributed by atoms with Gasteiger partial charge in [-0.25, -0.2) is 0 Å². The van der Waals surface area contributed by atoms with Gasteiger partial charge in [0.2, 0.25) is 0 Å². The molecular weight excluding hydrogens is 279 g/mol. The van der Waals surface area contributed by atoms with Crippen molar-refractivity contribution in [2.45, 2.75) is 26.6 Å². The lowest BCUT2D eigenvalue weighted by atomic mass is 10.1. The second-order valence-corrected chi connectivity index (χ2v) is 4.95. The Hall–Kier alpha value is -2.01. The Morgan fingerprint density at radius 3 is 2.14 bits per heavy atom. The van der Waals surface area contributed by atoms with Crippen molar-refractivity contribution in [3.8, 4) is 11.5 Å². The average Bonchev–Trinajstić information content (AvgIpc) is 2.36. The Kier molecular flexibility index (Phi) is 4.23. The molecule has 2 N–H and O–H groups in total. The second-order valence-electron chi connectivity index (χ2n) is 4.95. The fraction of sp³-hybridized carbons (Fsp3) is 0.250. The van der Waals surface area contributed by atoms with E-state index in [2.05, 4.69) is 0 Å². The first-order valence-electron chi connectivity index (χ1n) is 6.46. The summed E-state index contributed by atoms with van der Waals surface area (Å²) in [5, 5.41) is 0. The fourth-order valence-corrected chi connectivity index (χ4v) is 2.13. The van der Waals surface area contributed by atoms with Gasteiger partial charge in [0.25, 0.3) is 0 Å². The number of benzene rings is 2. The van der Waals surface area contributed by atoms with Crippen LogP contribution in [-0.4, -0.2) is 0 Å². The van der Waals surface area contributed by atoms with Crippen LogP contribution in [0.1, 0.15) is 22.3 Å². The van der Waals surface area contributed by atoms with E-state index in [4.69, 9.17) is 10.5 Å². The quantitative estimate of drug-likeness (QED) is 0.900. The lowest BCUT2D eigenvalue weighted by Crippen LogP contribution is -2.08. The van der Waals surface area contributed by atoms with Gasteiger partial charge in [0.15, 0.2) is 0 Å². The second kappa shape index (κ2) is 5.77. The zero-order chi connectivity index (χ0) is 15.6. The summed E-state index contributed by atoms with van der Waals surface area (Å²) in [4.78, 5) is 0. The molecule has 0 amide bonds. The molecule has 5 heteroatoms. The van der Waals surface area contributed by atoms with Crippen LogP contribution in [0, 0.1) is 13.8 Å². The maximum Gasteiger partial charge on any atom is 0.416 e. The monoisotopic (exact) mass is 295 g/mol. The molecule has 0 fully saturated rings. The van der Waals surface area contributed by atoms with Crippen molar-refractivity contribution >= 4 is 0 Å². The first kappa shape index (κ1) is 15.4. The van der Waals surface area contributed by atoms with E-state index in [0.29, 0.717) is 17.1 Å². The van der Waals surface area contributed by atoms with Crippen molar-refractivity contribution in [2.75, 3.05) is 0 Å². The minimum Gasteiger partial charge on any atom is -0.457 e. The van der Waals surface area contributed by atoms with Gasteiger partial charge in [-0.3, -0.25) is 0 Å². The topological polar surface area (TPSA) is 35.2 Å². The first-order valence-corrected chi connectivity index (χ1v) is 6.46. The molecule has 0 radical (unpaired) electrons. The standard InChI is InChI=1S/C16H16F3NO/c1-10-5-11(2)7-14(6-10)21-15-4-3-13(16(17,18)19)8-12(15)9-20/h3-8H,9,20H2,1-2H3. The van der Waals surface area contributed by atoms with Crippen LogP contribution in [-0.2, 0) is 12.7 Å². The Morgan fingerprint density at radius 2 is 1.62 bits per heavy atom. The molecule has 0 aliphatic rings. The summed E-state index contributed by atoms with van der Waals surface area (Å²) in [6.07, 6.45) is -4.39. The number of hydrogen-bond donors (Lipinski definition) is 1. The van der Waals surface area contributed by atoms with Gasteiger partial charge in [0, 0.05) is 12.1 Å². The number of halogens is 3. The minimum atomic E-state index is -4.39. The number of nitrogens with two attached hydrogens (primary N) is 1. The zero-order valence-corrected chi connectivity index (χ0v) is 11.8. The molecule has 0 unspecified atom stereocenters. The molecule has 0 aromatic heterocycles. The van der Waals surface area contributed by atoms with Crippen LogP contribution in [0.5, 0.6) is 11.5 Å². The molecule has 0 spiro atoms. The SMILES string of the molecule is Cc1cc(C)cc(Oc2ccc(C(F)(F)F)cc2CN)c1. The molecule has 0 aliphatic heterocycles. The van der Waals surface area contributed by atoms with E-state index >= 15 is 0 Å². The smallest absolute Gasteiger partial charge is 0.416 e. The largest absolute Gasteiger partial charge is 0.457 e. The zero-order valence-electron chi connectivity index (χ0n) is 11.8.